The van der Waals surface area contributed by atoms with Gasteiger partial charge in [-0.1, -0.05) is 30.0 Å². The molecule has 0 aliphatic carbocycles. The van der Waals surface area contributed by atoms with E-state index in [4.69, 9.17) is 4.42 Å². The molecule has 1 aliphatic heterocycles. The lowest BCUT2D eigenvalue weighted by molar-refractivity contribution is -0.137. The summed E-state index contributed by atoms with van der Waals surface area (Å²) in [6.45, 7) is 4.05. The van der Waals surface area contributed by atoms with Gasteiger partial charge in [-0.3, -0.25) is 9.36 Å². The summed E-state index contributed by atoms with van der Waals surface area (Å²) in [6.07, 6.45) is -0.753. The third kappa shape index (κ3) is 6.52. The topological polar surface area (TPSA) is 67.4 Å². The van der Waals surface area contributed by atoms with Crippen molar-refractivity contribution in [2.45, 2.75) is 37.5 Å². The van der Waals surface area contributed by atoms with Gasteiger partial charge in [-0.25, -0.2) is 0 Å². The number of rotatable bonds is 9. The smallest absolute Gasteiger partial charge is 0.416 e. The van der Waals surface area contributed by atoms with Crippen LogP contribution in [-0.4, -0.2) is 57.5 Å². The van der Waals surface area contributed by atoms with Gasteiger partial charge in [0.25, 0.3) is 0 Å². The molecule has 0 spiro atoms. The van der Waals surface area contributed by atoms with E-state index in [0.29, 0.717) is 49.9 Å². The number of alkyl halides is 3. The zero-order chi connectivity index (χ0) is 28.1. The van der Waals surface area contributed by atoms with Crippen molar-refractivity contribution in [2.24, 2.45) is 0 Å². The van der Waals surface area contributed by atoms with Crippen molar-refractivity contribution in [1.29, 1.82) is 0 Å². The zero-order valence-corrected chi connectivity index (χ0v) is 22.9. The minimum Gasteiger partial charge on any atom is -0.461 e. The van der Waals surface area contributed by atoms with Crippen LogP contribution >= 0.6 is 11.8 Å². The largest absolute Gasteiger partial charge is 0.461 e. The maximum absolute atomic E-state index is 13.1. The first kappa shape index (κ1) is 27.8. The maximum atomic E-state index is 13.1. The first-order chi connectivity index (χ1) is 19.3. The Balaban J connectivity index is 1.11. The first-order valence-corrected chi connectivity index (χ1v) is 14.2. The molecule has 2 aromatic carbocycles. The number of aromatic nitrogens is 3. The van der Waals surface area contributed by atoms with Crippen molar-refractivity contribution in [1.82, 2.24) is 19.7 Å². The number of carbonyl (C=O) groups is 1. The van der Waals surface area contributed by atoms with Crippen LogP contribution in [0.5, 0.6) is 0 Å². The summed E-state index contributed by atoms with van der Waals surface area (Å²) in [4.78, 5) is 16.5. The number of hydrogen-bond acceptors (Lipinski definition) is 6. The van der Waals surface area contributed by atoms with Crippen LogP contribution < -0.4 is 4.90 Å². The monoisotopic (exact) mass is 569 g/mol. The average molecular weight is 570 g/mol. The Bertz CT molecular complexity index is 1430. The second-order valence-corrected chi connectivity index (χ2v) is 10.7. The molecule has 0 bridgehead atoms. The van der Waals surface area contributed by atoms with E-state index >= 15 is 0 Å². The van der Waals surface area contributed by atoms with Crippen LogP contribution in [0.1, 0.15) is 30.4 Å². The van der Waals surface area contributed by atoms with Gasteiger partial charge in [-0.15, -0.1) is 10.2 Å². The van der Waals surface area contributed by atoms with E-state index in [1.165, 1.54) is 12.1 Å². The van der Waals surface area contributed by atoms with E-state index in [0.717, 1.165) is 41.1 Å². The second-order valence-electron chi connectivity index (χ2n) is 9.68. The Morgan fingerprint density at radius 3 is 2.45 bits per heavy atom. The van der Waals surface area contributed by atoms with Crippen LogP contribution in [0.25, 0.3) is 17.3 Å². The number of furan rings is 1. The molecule has 1 fully saturated rings. The Morgan fingerprint density at radius 2 is 1.73 bits per heavy atom. The summed E-state index contributed by atoms with van der Waals surface area (Å²) >= 11 is 1.59. The standard InChI is InChI=1S/C29H30F3N5O2S/c1-21-7-4-10-24(19-21)37-27(25-11-6-17-39-25)33-34-28(37)40-18-3-2-12-26(38)36-15-13-35(14-16-36)23-9-5-8-22(20-23)29(30,31)32/h4-11,17,19-20H,2-3,12-16,18H2,1H3. The van der Waals surface area contributed by atoms with Gasteiger partial charge >= 0.3 is 6.18 Å². The number of carbonyl (C=O) groups excluding carboxylic acids is 1. The summed E-state index contributed by atoms with van der Waals surface area (Å²) < 4.78 is 46.7. The number of aryl methyl sites for hydroxylation is 1. The highest BCUT2D eigenvalue weighted by molar-refractivity contribution is 7.99. The van der Waals surface area contributed by atoms with E-state index in [9.17, 15) is 18.0 Å². The van der Waals surface area contributed by atoms with Gasteiger partial charge in [0.2, 0.25) is 11.7 Å². The molecule has 2 aromatic heterocycles. The molecule has 5 rings (SSSR count). The highest BCUT2D eigenvalue weighted by Crippen LogP contribution is 2.32. The lowest BCUT2D eigenvalue weighted by Gasteiger charge is -2.36. The van der Waals surface area contributed by atoms with Gasteiger partial charge in [-0.2, -0.15) is 13.2 Å². The second kappa shape index (κ2) is 12.2. The molecule has 7 nitrogen and oxygen atoms in total. The minimum atomic E-state index is -4.37. The van der Waals surface area contributed by atoms with Crippen LogP contribution in [0, 0.1) is 6.92 Å². The summed E-state index contributed by atoms with van der Waals surface area (Å²) in [5, 5.41) is 9.54. The van der Waals surface area contributed by atoms with Gasteiger partial charge in [0.05, 0.1) is 17.5 Å². The number of benzene rings is 2. The summed E-state index contributed by atoms with van der Waals surface area (Å²) in [5.74, 6) is 2.13. The lowest BCUT2D eigenvalue weighted by Crippen LogP contribution is -2.48. The van der Waals surface area contributed by atoms with Crippen LogP contribution in [0.4, 0.5) is 18.9 Å². The highest BCUT2D eigenvalue weighted by Gasteiger charge is 2.31. The van der Waals surface area contributed by atoms with Crippen molar-refractivity contribution in [3.05, 3.63) is 78.1 Å². The summed E-state index contributed by atoms with van der Waals surface area (Å²) in [5.41, 5.74) is 1.96. The Labute approximate surface area is 235 Å². The van der Waals surface area contributed by atoms with Crippen LogP contribution in [0.15, 0.2) is 76.5 Å². The van der Waals surface area contributed by atoms with E-state index < -0.39 is 11.7 Å². The molecule has 4 aromatic rings. The van der Waals surface area contributed by atoms with Crippen molar-refractivity contribution >= 4 is 23.4 Å². The van der Waals surface area contributed by atoms with Gasteiger partial charge < -0.3 is 14.2 Å². The summed E-state index contributed by atoms with van der Waals surface area (Å²) in [6, 6.07) is 17.2. The lowest BCUT2D eigenvalue weighted by atomic mass is 10.1. The zero-order valence-electron chi connectivity index (χ0n) is 22.1. The molecular formula is C29H30F3N5O2S. The normalized spacial score (nSPS) is 14.1. The number of halogens is 3. The molecule has 210 valence electrons. The number of piperazine rings is 1. The SMILES string of the molecule is Cc1cccc(-n2c(SCCCCC(=O)N3CCN(c4cccc(C(F)(F)F)c4)CC3)nnc2-c2ccco2)c1. The molecule has 0 saturated carbocycles. The molecule has 0 N–H and O–H groups in total. The number of nitrogens with zero attached hydrogens (tertiary/aromatic N) is 5. The molecule has 1 saturated heterocycles. The third-order valence-electron chi connectivity index (χ3n) is 6.82. The van der Waals surface area contributed by atoms with Crippen molar-refractivity contribution in [3.63, 3.8) is 0 Å². The average Bonchev–Trinajstić information content (AvgIpc) is 3.63. The molecule has 0 unspecified atom stereocenters. The Hall–Kier alpha value is -3.73. The third-order valence-corrected chi connectivity index (χ3v) is 7.84. The first-order valence-electron chi connectivity index (χ1n) is 13.2. The van der Waals surface area contributed by atoms with Crippen LogP contribution in [0.3, 0.4) is 0 Å². The molecule has 0 atom stereocenters. The quantitative estimate of drug-likeness (QED) is 0.170. The van der Waals surface area contributed by atoms with Crippen LogP contribution in [-0.2, 0) is 11.0 Å². The van der Waals surface area contributed by atoms with Gasteiger partial charge in [-0.05, 0) is 67.8 Å². The van der Waals surface area contributed by atoms with E-state index in [-0.39, 0.29) is 5.91 Å². The molecule has 40 heavy (non-hydrogen) atoms. The van der Waals surface area contributed by atoms with Crippen molar-refractivity contribution < 1.29 is 22.4 Å². The van der Waals surface area contributed by atoms with E-state index in [1.54, 1.807) is 29.0 Å². The molecule has 3 heterocycles. The van der Waals surface area contributed by atoms with Crippen molar-refractivity contribution in [3.8, 4) is 17.3 Å². The number of anilines is 1. The Kier molecular flexibility index (Phi) is 8.49. The number of amides is 1. The Morgan fingerprint density at radius 1 is 0.950 bits per heavy atom. The van der Waals surface area contributed by atoms with Gasteiger partial charge in [0.1, 0.15) is 0 Å². The van der Waals surface area contributed by atoms with Crippen molar-refractivity contribution in [2.75, 3.05) is 36.8 Å². The van der Waals surface area contributed by atoms with E-state index in [2.05, 4.69) is 16.3 Å². The highest BCUT2D eigenvalue weighted by atomic mass is 32.2. The predicted molar refractivity (Wildman–Crippen MR) is 149 cm³/mol. The predicted octanol–water partition coefficient (Wildman–Crippen LogP) is 6.47. The molecular weight excluding hydrogens is 539 g/mol. The number of hydrogen-bond donors (Lipinski definition) is 0. The molecule has 1 aliphatic rings. The summed E-state index contributed by atoms with van der Waals surface area (Å²) in [7, 11) is 0. The minimum absolute atomic E-state index is 0.0803. The number of thioether (sulfide) groups is 1. The number of unbranched alkanes of at least 4 members (excludes halogenated alkanes) is 1. The fraction of sp³-hybridized carbons (Fsp3) is 0.345. The van der Waals surface area contributed by atoms with Gasteiger partial charge in [0, 0.05) is 44.0 Å². The molecule has 11 heteroatoms. The van der Waals surface area contributed by atoms with Crippen LogP contribution in [0.2, 0.25) is 0 Å². The van der Waals surface area contributed by atoms with E-state index in [1.807, 2.05) is 46.7 Å². The fourth-order valence-electron chi connectivity index (χ4n) is 4.72. The van der Waals surface area contributed by atoms with Gasteiger partial charge in [0.15, 0.2) is 10.9 Å². The maximum Gasteiger partial charge on any atom is 0.416 e. The fourth-order valence-corrected chi connectivity index (χ4v) is 5.67. The molecule has 0 radical (unpaired) electrons. The molecule has 1 amide bonds.